The van der Waals surface area contributed by atoms with E-state index in [1.54, 1.807) is 0 Å². The molecule has 1 aliphatic rings. The lowest BCUT2D eigenvalue weighted by atomic mass is 9.86. The molecule has 0 radical (unpaired) electrons. The maximum absolute atomic E-state index is 6.90. The Morgan fingerprint density at radius 2 is 0.986 bits per heavy atom. The summed E-state index contributed by atoms with van der Waals surface area (Å²) in [4.78, 5) is 10.1. The average Bonchev–Trinajstić information content (AvgIpc) is 3.91. The highest BCUT2D eigenvalue weighted by Crippen LogP contribution is 2.51. The summed E-state index contributed by atoms with van der Waals surface area (Å²) >= 11 is 0. The molecule has 3 heterocycles. The Bertz CT molecular complexity index is 3640. The minimum absolute atomic E-state index is 0.00543. The zero-order chi connectivity index (χ0) is 50.1. The van der Waals surface area contributed by atoms with Gasteiger partial charge in [-0.05, 0) is 117 Å². The fourth-order valence-electron chi connectivity index (χ4n) is 10.4. The van der Waals surface area contributed by atoms with Crippen molar-refractivity contribution >= 4 is 44.6 Å². The van der Waals surface area contributed by atoms with Gasteiger partial charge >= 0.3 is 0 Å². The molecule has 5 heteroatoms. The van der Waals surface area contributed by atoms with Crippen LogP contribution in [0.2, 0.25) is 0 Å². The molecule has 72 heavy (non-hydrogen) atoms. The molecule has 5 nitrogen and oxygen atoms in total. The SMILES string of the molecule is Cc1cc(-n2c3ccc(C(C)(C)C)cc3c3ccc(Oc4cccc(N5CN(c6c(-c7ccccc7)cccc6-c6ccc(C(C)(C)C)cc6)c6ccccc65)c4)cc32)ncc1-c1ccc(C(C)(C)C)cc1. The van der Waals surface area contributed by atoms with Crippen molar-refractivity contribution in [3.63, 3.8) is 0 Å². The van der Waals surface area contributed by atoms with Gasteiger partial charge in [0.1, 0.15) is 24.0 Å². The quantitative estimate of drug-likeness (QED) is 0.152. The number of benzene rings is 8. The minimum Gasteiger partial charge on any atom is -0.457 e. The van der Waals surface area contributed by atoms with Crippen LogP contribution < -0.4 is 14.5 Å². The van der Waals surface area contributed by atoms with Crippen LogP contribution in [0.1, 0.15) is 84.6 Å². The molecule has 0 amide bonds. The predicted octanol–water partition coefficient (Wildman–Crippen LogP) is 18.4. The first kappa shape index (κ1) is 46.5. The van der Waals surface area contributed by atoms with Crippen LogP contribution in [-0.4, -0.2) is 16.2 Å². The molecule has 0 N–H and O–H groups in total. The van der Waals surface area contributed by atoms with Crippen molar-refractivity contribution in [1.82, 2.24) is 9.55 Å². The van der Waals surface area contributed by atoms with E-state index >= 15 is 0 Å². The Balaban J connectivity index is 0.962. The molecule has 0 spiro atoms. The molecule has 0 saturated carbocycles. The maximum atomic E-state index is 6.90. The molecule has 11 rings (SSSR count). The summed E-state index contributed by atoms with van der Waals surface area (Å²) in [6.45, 7) is 23.2. The summed E-state index contributed by atoms with van der Waals surface area (Å²) in [5.41, 5.74) is 19.0. The molecule has 0 unspecified atom stereocenters. The molecule has 10 aromatic rings. The number of para-hydroxylation sites is 3. The van der Waals surface area contributed by atoms with Gasteiger partial charge in [0.05, 0.1) is 28.1 Å². The van der Waals surface area contributed by atoms with E-state index in [4.69, 9.17) is 9.72 Å². The van der Waals surface area contributed by atoms with Gasteiger partial charge in [-0.25, -0.2) is 4.98 Å². The molecule has 0 saturated heterocycles. The first-order valence-electron chi connectivity index (χ1n) is 25.4. The van der Waals surface area contributed by atoms with Crippen LogP contribution in [0.4, 0.5) is 22.7 Å². The third-order valence-corrected chi connectivity index (χ3v) is 14.6. The van der Waals surface area contributed by atoms with Gasteiger partial charge in [-0.2, -0.15) is 0 Å². The van der Waals surface area contributed by atoms with Crippen molar-refractivity contribution in [2.24, 2.45) is 0 Å². The number of hydrogen-bond donors (Lipinski definition) is 0. The number of rotatable bonds is 8. The normalized spacial score (nSPS) is 13.0. The Morgan fingerprint density at radius 1 is 0.431 bits per heavy atom. The number of pyridine rings is 1. The standard InChI is InChI=1S/C67H64N4O/c1-44-38-63(68-42-58(44)47-28-32-49(33-29-47)66(5,6)7)71-59-37-34-50(67(8,9)10)39-57(59)56-36-35-53(41-62(56)71)72-52-21-16-20-51(40-52)69-43-70(61-25-15-14-24-60(61)69)64-54(45-18-12-11-13-19-45)22-17-23-55(64)46-26-30-48(31-27-46)65(2,3)4/h11-42H,43H2,1-10H3. The van der Waals surface area contributed by atoms with Crippen LogP contribution >= 0.6 is 0 Å². The molecular formula is C67H64N4O. The molecule has 1 aliphatic heterocycles. The van der Waals surface area contributed by atoms with Crippen LogP contribution in [0.15, 0.2) is 194 Å². The summed E-state index contributed by atoms with van der Waals surface area (Å²) in [6, 6.07) is 68.5. The highest BCUT2D eigenvalue weighted by molar-refractivity contribution is 6.10. The molecule has 358 valence electrons. The number of aromatic nitrogens is 2. The van der Waals surface area contributed by atoms with E-state index in [1.165, 1.54) is 61.1 Å². The molecule has 0 bridgehead atoms. The number of anilines is 4. The monoisotopic (exact) mass is 941 g/mol. The van der Waals surface area contributed by atoms with Gasteiger partial charge in [-0.15, -0.1) is 0 Å². The fourth-order valence-corrected chi connectivity index (χ4v) is 10.4. The number of hydrogen-bond acceptors (Lipinski definition) is 4. The lowest BCUT2D eigenvalue weighted by Crippen LogP contribution is -2.25. The Hall–Kier alpha value is -7.89. The number of fused-ring (bicyclic) bond motifs is 4. The van der Waals surface area contributed by atoms with Crippen LogP contribution in [0.3, 0.4) is 0 Å². The predicted molar refractivity (Wildman–Crippen MR) is 304 cm³/mol. The summed E-state index contributed by atoms with van der Waals surface area (Å²) < 4.78 is 9.20. The van der Waals surface area contributed by atoms with Gasteiger partial charge in [0.25, 0.3) is 0 Å². The van der Waals surface area contributed by atoms with E-state index in [-0.39, 0.29) is 16.2 Å². The summed E-state index contributed by atoms with van der Waals surface area (Å²) in [6.07, 6.45) is 2.03. The zero-order valence-corrected chi connectivity index (χ0v) is 43.4. The first-order chi connectivity index (χ1) is 34.5. The van der Waals surface area contributed by atoms with Crippen molar-refractivity contribution < 1.29 is 4.74 Å². The van der Waals surface area contributed by atoms with Crippen LogP contribution in [0, 0.1) is 6.92 Å². The van der Waals surface area contributed by atoms with Crippen molar-refractivity contribution in [1.29, 1.82) is 0 Å². The Labute approximate surface area is 426 Å². The average molecular weight is 941 g/mol. The largest absolute Gasteiger partial charge is 0.457 e. The lowest BCUT2D eigenvalue weighted by molar-refractivity contribution is 0.483. The van der Waals surface area contributed by atoms with Gasteiger partial charge in [-0.1, -0.05) is 184 Å². The second kappa shape index (κ2) is 17.8. The second-order valence-corrected chi connectivity index (χ2v) is 22.7. The van der Waals surface area contributed by atoms with E-state index in [9.17, 15) is 0 Å². The van der Waals surface area contributed by atoms with Crippen molar-refractivity contribution in [2.45, 2.75) is 85.5 Å². The highest BCUT2D eigenvalue weighted by atomic mass is 16.5. The topological polar surface area (TPSA) is 33.5 Å². The molecule has 8 aromatic carbocycles. The number of aryl methyl sites for hydroxylation is 1. The Kier molecular flexibility index (Phi) is 11.5. The molecule has 0 aliphatic carbocycles. The fraction of sp³-hybridized carbons (Fsp3) is 0.209. The smallest absolute Gasteiger partial charge is 0.137 e. The maximum Gasteiger partial charge on any atom is 0.137 e. The van der Waals surface area contributed by atoms with Gasteiger partial charge in [0.15, 0.2) is 0 Å². The third kappa shape index (κ3) is 8.61. The van der Waals surface area contributed by atoms with Crippen LogP contribution in [0.5, 0.6) is 11.5 Å². The van der Waals surface area contributed by atoms with E-state index in [0.29, 0.717) is 6.67 Å². The summed E-state index contributed by atoms with van der Waals surface area (Å²) in [5.74, 6) is 2.40. The van der Waals surface area contributed by atoms with E-state index in [1.807, 2.05) is 6.20 Å². The van der Waals surface area contributed by atoms with E-state index < -0.39 is 0 Å². The van der Waals surface area contributed by atoms with E-state index in [0.717, 1.165) is 56.4 Å². The van der Waals surface area contributed by atoms with E-state index in [2.05, 4.69) is 272 Å². The van der Waals surface area contributed by atoms with Crippen LogP contribution in [0.25, 0.3) is 61.0 Å². The molecule has 0 atom stereocenters. The lowest BCUT2D eigenvalue weighted by Gasteiger charge is -2.27. The molecular weight excluding hydrogens is 877 g/mol. The van der Waals surface area contributed by atoms with Crippen molar-refractivity contribution in [2.75, 3.05) is 16.5 Å². The van der Waals surface area contributed by atoms with Gasteiger partial charge in [0, 0.05) is 51.5 Å². The third-order valence-electron chi connectivity index (χ3n) is 14.6. The first-order valence-corrected chi connectivity index (χ1v) is 25.4. The molecule has 2 aromatic heterocycles. The van der Waals surface area contributed by atoms with Gasteiger partial charge < -0.3 is 14.5 Å². The summed E-state index contributed by atoms with van der Waals surface area (Å²) in [5, 5.41) is 2.36. The highest BCUT2D eigenvalue weighted by Gasteiger charge is 2.32. The number of nitrogens with zero attached hydrogens (tertiary/aromatic N) is 4. The Morgan fingerprint density at radius 3 is 1.61 bits per heavy atom. The zero-order valence-electron chi connectivity index (χ0n) is 43.4. The number of ether oxygens (including phenoxy) is 1. The van der Waals surface area contributed by atoms with Crippen molar-refractivity contribution in [3.8, 4) is 50.7 Å². The van der Waals surface area contributed by atoms with Crippen LogP contribution in [-0.2, 0) is 16.2 Å². The second-order valence-electron chi connectivity index (χ2n) is 22.7. The van der Waals surface area contributed by atoms with Gasteiger partial charge in [0.2, 0.25) is 0 Å². The molecule has 0 fully saturated rings. The summed E-state index contributed by atoms with van der Waals surface area (Å²) in [7, 11) is 0. The van der Waals surface area contributed by atoms with Gasteiger partial charge in [-0.3, -0.25) is 4.57 Å². The minimum atomic E-state index is -0.00543. The van der Waals surface area contributed by atoms with Crippen molar-refractivity contribution in [3.05, 3.63) is 217 Å².